The molecule has 3 aromatic rings. The summed E-state index contributed by atoms with van der Waals surface area (Å²) in [7, 11) is 1.66. The molecule has 1 aliphatic heterocycles. The van der Waals surface area contributed by atoms with Crippen molar-refractivity contribution in [3.63, 3.8) is 0 Å². The number of ether oxygens (including phenoxy) is 1. The summed E-state index contributed by atoms with van der Waals surface area (Å²) in [6.07, 6.45) is 1.55. The maximum Gasteiger partial charge on any atom is 0.272 e. The van der Waals surface area contributed by atoms with Gasteiger partial charge in [0.2, 0.25) is 0 Å². The van der Waals surface area contributed by atoms with Gasteiger partial charge in [-0.25, -0.2) is 9.50 Å². The van der Waals surface area contributed by atoms with Crippen LogP contribution in [0.4, 0.5) is 5.69 Å². The fraction of sp³-hybridized carbons (Fsp3) is 0.316. The van der Waals surface area contributed by atoms with Gasteiger partial charge in [-0.3, -0.25) is 14.7 Å². The Bertz CT molecular complexity index is 1050. The Kier molecular flexibility index (Phi) is 4.31. The van der Waals surface area contributed by atoms with Crippen molar-refractivity contribution in [3.05, 3.63) is 58.1 Å². The Balaban J connectivity index is 1.53. The second kappa shape index (κ2) is 6.79. The van der Waals surface area contributed by atoms with Crippen molar-refractivity contribution in [3.8, 4) is 5.75 Å². The average Bonchev–Trinajstić information content (AvgIpc) is 3.11. The molecular formula is C19H21N5O3. The number of nitrogens with one attached hydrogen (secondary N) is 1. The topological polar surface area (TPSA) is 82.9 Å². The Morgan fingerprint density at radius 3 is 2.67 bits per heavy atom. The van der Waals surface area contributed by atoms with E-state index in [-0.39, 0.29) is 11.5 Å². The lowest BCUT2D eigenvalue weighted by atomic mass is 10.2. The first-order chi connectivity index (χ1) is 13.1. The largest absolute Gasteiger partial charge is 0.495 e. The summed E-state index contributed by atoms with van der Waals surface area (Å²) < 4.78 is 6.73. The minimum atomic E-state index is -0.224. The normalized spacial score (nSPS) is 14.6. The van der Waals surface area contributed by atoms with Crippen LogP contribution in [0.2, 0.25) is 0 Å². The van der Waals surface area contributed by atoms with Crippen LogP contribution in [-0.4, -0.2) is 58.7 Å². The van der Waals surface area contributed by atoms with Crippen LogP contribution in [0.3, 0.4) is 0 Å². The smallest absolute Gasteiger partial charge is 0.272 e. The molecule has 0 radical (unpaired) electrons. The minimum absolute atomic E-state index is 0.120. The highest BCUT2D eigenvalue weighted by Crippen LogP contribution is 2.28. The molecule has 4 rings (SSSR count). The summed E-state index contributed by atoms with van der Waals surface area (Å²) in [5.74, 6) is 0.707. The molecule has 0 aliphatic carbocycles. The number of hydrogen-bond acceptors (Lipinski definition) is 5. The molecule has 0 atom stereocenters. The van der Waals surface area contributed by atoms with Crippen LogP contribution in [0.25, 0.3) is 5.65 Å². The first-order valence-corrected chi connectivity index (χ1v) is 8.83. The van der Waals surface area contributed by atoms with Crippen molar-refractivity contribution in [2.24, 2.45) is 0 Å². The number of aromatic amines is 1. The van der Waals surface area contributed by atoms with Gasteiger partial charge < -0.3 is 14.5 Å². The molecule has 1 aromatic carbocycles. The summed E-state index contributed by atoms with van der Waals surface area (Å²) in [5.41, 5.74) is 2.19. The predicted molar refractivity (Wildman–Crippen MR) is 102 cm³/mol. The Morgan fingerprint density at radius 1 is 1.19 bits per heavy atom. The lowest BCUT2D eigenvalue weighted by Crippen LogP contribution is -2.48. The highest BCUT2D eigenvalue weighted by molar-refractivity contribution is 5.99. The molecule has 0 saturated carbocycles. The van der Waals surface area contributed by atoms with Gasteiger partial charge in [0.25, 0.3) is 11.5 Å². The van der Waals surface area contributed by atoms with Gasteiger partial charge in [0, 0.05) is 44.1 Å². The first kappa shape index (κ1) is 17.1. The number of nitrogens with zero attached hydrogens (tertiary/aromatic N) is 4. The van der Waals surface area contributed by atoms with Crippen LogP contribution in [0, 0.1) is 6.92 Å². The van der Waals surface area contributed by atoms with Crippen molar-refractivity contribution in [2.75, 3.05) is 38.2 Å². The lowest BCUT2D eigenvalue weighted by molar-refractivity contribution is 0.0748. The van der Waals surface area contributed by atoms with E-state index in [1.807, 2.05) is 24.3 Å². The molecule has 1 aliphatic rings. The number of fused-ring (bicyclic) bond motifs is 1. The maximum atomic E-state index is 13.0. The number of aryl methyl sites for hydroxylation is 1. The first-order valence-electron chi connectivity index (χ1n) is 8.83. The third kappa shape index (κ3) is 3.03. The van der Waals surface area contributed by atoms with Gasteiger partial charge in [-0.15, -0.1) is 0 Å². The molecule has 1 N–H and O–H groups in total. The summed E-state index contributed by atoms with van der Waals surface area (Å²) in [6, 6.07) is 9.31. The van der Waals surface area contributed by atoms with E-state index in [0.29, 0.717) is 43.1 Å². The molecule has 0 bridgehead atoms. The molecule has 1 fully saturated rings. The molecule has 27 heavy (non-hydrogen) atoms. The number of para-hydroxylation sites is 2. The molecule has 140 valence electrons. The van der Waals surface area contributed by atoms with E-state index in [4.69, 9.17) is 4.74 Å². The van der Waals surface area contributed by atoms with E-state index in [0.717, 1.165) is 11.4 Å². The number of methoxy groups -OCH3 is 1. The zero-order valence-corrected chi connectivity index (χ0v) is 15.3. The molecule has 0 spiro atoms. The van der Waals surface area contributed by atoms with Gasteiger partial charge in [0.15, 0.2) is 5.65 Å². The lowest BCUT2D eigenvalue weighted by Gasteiger charge is -2.36. The van der Waals surface area contributed by atoms with E-state index in [1.54, 1.807) is 25.1 Å². The van der Waals surface area contributed by atoms with Crippen molar-refractivity contribution in [2.45, 2.75) is 6.92 Å². The third-order valence-corrected chi connectivity index (χ3v) is 4.85. The number of rotatable bonds is 3. The van der Waals surface area contributed by atoms with Crippen molar-refractivity contribution in [1.29, 1.82) is 0 Å². The zero-order valence-electron chi connectivity index (χ0n) is 15.3. The second-order valence-corrected chi connectivity index (χ2v) is 6.53. The zero-order chi connectivity index (χ0) is 19.0. The van der Waals surface area contributed by atoms with Gasteiger partial charge in [-0.1, -0.05) is 12.1 Å². The summed E-state index contributed by atoms with van der Waals surface area (Å²) >= 11 is 0. The van der Waals surface area contributed by atoms with Crippen LogP contribution < -0.4 is 15.2 Å². The molecule has 3 heterocycles. The van der Waals surface area contributed by atoms with Crippen LogP contribution in [-0.2, 0) is 0 Å². The Morgan fingerprint density at radius 2 is 1.93 bits per heavy atom. The molecule has 8 nitrogen and oxygen atoms in total. The Labute approximate surface area is 156 Å². The quantitative estimate of drug-likeness (QED) is 0.755. The number of anilines is 1. The monoisotopic (exact) mass is 367 g/mol. The SMILES string of the molecule is COc1ccccc1N1CCN(C(=O)c2c[nH]n3c(=O)cc(C)nc23)CC1. The minimum Gasteiger partial charge on any atom is -0.495 e. The second-order valence-electron chi connectivity index (χ2n) is 6.53. The number of H-pyrrole nitrogens is 1. The number of aromatic nitrogens is 3. The third-order valence-electron chi connectivity index (χ3n) is 4.85. The van der Waals surface area contributed by atoms with Crippen molar-refractivity contribution in [1.82, 2.24) is 19.5 Å². The molecule has 1 amide bonds. The van der Waals surface area contributed by atoms with Crippen molar-refractivity contribution >= 4 is 17.2 Å². The highest BCUT2D eigenvalue weighted by Gasteiger charge is 2.26. The highest BCUT2D eigenvalue weighted by atomic mass is 16.5. The summed E-state index contributed by atoms with van der Waals surface area (Å²) in [4.78, 5) is 33.4. The van der Waals surface area contributed by atoms with E-state index in [2.05, 4.69) is 15.0 Å². The fourth-order valence-corrected chi connectivity index (χ4v) is 3.47. The number of piperazine rings is 1. The molecule has 0 unspecified atom stereocenters. The molecule has 8 heteroatoms. The van der Waals surface area contributed by atoms with E-state index < -0.39 is 0 Å². The number of hydrogen-bond donors (Lipinski definition) is 1. The number of carbonyl (C=O) groups is 1. The molecular weight excluding hydrogens is 346 g/mol. The van der Waals surface area contributed by atoms with Crippen LogP contribution in [0.5, 0.6) is 5.75 Å². The predicted octanol–water partition coefficient (Wildman–Crippen LogP) is 1.30. The van der Waals surface area contributed by atoms with Crippen molar-refractivity contribution < 1.29 is 9.53 Å². The standard InChI is InChI=1S/C19H21N5O3/c1-13-11-17(25)24-18(21-13)14(12-20-24)19(26)23-9-7-22(8-10-23)15-5-3-4-6-16(15)27-2/h3-6,11-12,20H,7-10H2,1-2H3. The maximum absolute atomic E-state index is 13.0. The Hall–Kier alpha value is -3.29. The summed E-state index contributed by atoms with van der Waals surface area (Å²) in [5, 5.41) is 2.82. The van der Waals surface area contributed by atoms with Crippen LogP contribution in [0.15, 0.2) is 41.3 Å². The number of carbonyl (C=O) groups excluding carboxylic acids is 1. The van der Waals surface area contributed by atoms with E-state index in [1.165, 1.54) is 10.6 Å². The van der Waals surface area contributed by atoms with Gasteiger partial charge in [-0.05, 0) is 19.1 Å². The van der Waals surface area contributed by atoms with Gasteiger partial charge >= 0.3 is 0 Å². The average molecular weight is 367 g/mol. The van der Waals surface area contributed by atoms with Gasteiger partial charge in [0.1, 0.15) is 11.3 Å². The fourth-order valence-electron chi connectivity index (χ4n) is 3.47. The number of amides is 1. The van der Waals surface area contributed by atoms with Crippen LogP contribution >= 0.6 is 0 Å². The van der Waals surface area contributed by atoms with E-state index in [9.17, 15) is 9.59 Å². The molecule has 2 aromatic heterocycles. The van der Waals surface area contributed by atoms with Crippen LogP contribution in [0.1, 0.15) is 16.1 Å². The van der Waals surface area contributed by atoms with Gasteiger partial charge in [-0.2, -0.15) is 0 Å². The van der Waals surface area contributed by atoms with E-state index >= 15 is 0 Å². The number of benzene rings is 1. The summed E-state index contributed by atoms with van der Waals surface area (Å²) in [6.45, 7) is 4.34. The molecule has 1 saturated heterocycles. The van der Waals surface area contributed by atoms with Gasteiger partial charge in [0.05, 0.1) is 12.8 Å².